The Bertz CT molecular complexity index is 98.7. The van der Waals surface area contributed by atoms with E-state index in [0.29, 0.717) is 0 Å². The minimum Gasteiger partial charge on any atom is -0.1000 e. The molecule has 0 spiro atoms. The van der Waals surface area contributed by atoms with Crippen molar-refractivity contribution in [3.63, 3.8) is 0 Å². The largest absolute Gasteiger partial charge is 0.1000 e. The van der Waals surface area contributed by atoms with Crippen LogP contribution in [-0.4, -0.2) is 6.66 Å². The predicted molar refractivity (Wildman–Crippen MR) is 45.4 cm³/mol. The van der Waals surface area contributed by atoms with Crippen molar-refractivity contribution in [3.05, 3.63) is 23.9 Å². The van der Waals surface area contributed by atoms with Crippen LogP contribution in [0.5, 0.6) is 0 Å². The molecular weight excluding hydrogens is 135 g/mol. The molecule has 0 rings (SSSR count). The second-order valence-electron chi connectivity index (χ2n) is 1.52. The van der Waals surface area contributed by atoms with Crippen LogP contribution in [0.15, 0.2) is 23.9 Å². The number of rotatable bonds is 3. The third-order valence-electron chi connectivity index (χ3n) is 0.557. The minimum atomic E-state index is -0.0368. The average molecular weight is 146 g/mol. The van der Waals surface area contributed by atoms with Gasteiger partial charge in [-0.1, -0.05) is 30.4 Å². The summed E-state index contributed by atoms with van der Waals surface area (Å²) in [6.07, 6.45) is 0. The molecule has 0 aromatic rings. The van der Waals surface area contributed by atoms with E-state index in [-0.39, 0.29) is 7.12 Å². The van der Waals surface area contributed by atoms with Crippen molar-refractivity contribution in [3.8, 4) is 0 Å². The quantitative estimate of drug-likeness (QED) is 0.550. The zero-order valence-corrected chi connectivity index (χ0v) is 7.06. The first-order chi connectivity index (χ1) is 3.66. The number of hydrogen-bond donors (Lipinski definition) is 0. The zero-order valence-electron chi connectivity index (χ0n) is 5.35. The van der Waals surface area contributed by atoms with Gasteiger partial charge >= 0.3 is 0 Å². The van der Waals surface area contributed by atoms with Gasteiger partial charge in [0, 0.05) is 0 Å². The van der Waals surface area contributed by atoms with Crippen molar-refractivity contribution < 1.29 is 0 Å². The third-order valence-corrected chi connectivity index (χ3v) is 3.92. The first-order valence-corrected chi connectivity index (χ1v) is 5.63. The molecule has 0 aromatic carbocycles. The van der Waals surface area contributed by atoms with Crippen LogP contribution in [0.3, 0.4) is 0 Å². The molecule has 0 saturated carbocycles. The molecule has 0 aromatic heterocycles. The van der Waals surface area contributed by atoms with Gasteiger partial charge < -0.3 is 0 Å². The van der Waals surface area contributed by atoms with Crippen molar-refractivity contribution in [1.82, 2.24) is 0 Å². The number of allylic oxidation sites excluding steroid dienone is 1. The normalized spacial score (nSPS) is 12.8. The van der Waals surface area contributed by atoms with Gasteiger partial charge in [-0.25, -0.2) is 0 Å². The summed E-state index contributed by atoms with van der Waals surface area (Å²) in [5.41, 5.74) is 0. The van der Waals surface area contributed by atoms with E-state index in [1.54, 1.807) is 11.4 Å². The van der Waals surface area contributed by atoms with E-state index in [1.807, 2.05) is 12.7 Å². The zero-order chi connectivity index (χ0) is 6.57. The van der Waals surface area contributed by atoms with Gasteiger partial charge in [-0.3, -0.25) is 0 Å². The highest BCUT2D eigenvalue weighted by molar-refractivity contribution is 8.58. The maximum absolute atomic E-state index is 3.77. The molecular formula is C6H11PS. The highest BCUT2D eigenvalue weighted by atomic mass is 32.7. The Morgan fingerprint density at radius 3 is 2.38 bits per heavy atom. The second-order valence-corrected chi connectivity index (χ2v) is 6.13. The van der Waals surface area contributed by atoms with E-state index in [0.717, 1.165) is 0 Å². The van der Waals surface area contributed by atoms with Crippen LogP contribution in [0.2, 0.25) is 0 Å². The van der Waals surface area contributed by atoms with Gasteiger partial charge in [0.05, 0.1) is 0 Å². The summed E-state index contributed by atoms with van der Waals surface area (Å²) >= 11 is 1.81. The fraction of sp³-hybridized carbons (Fsp3) is 0.333. The molecule has 0 aliphatic carbocycles. The van der Waals surface area contributed by atoms with Crippen molar-refractivity contribution in [2.45, 2.75) is 6.92 Å². The summed E-state index contributed by atoms with van der Waals surface area (Å²) in [5.74, 6) is 1.98. The maximum Gasteiger partial charge on any atom is -0.0208 e. The van der Waals surface area contributed by atoms with Crippen LogP contribution in [0.4, 0.5) is 0 Å². The lowest BCUT2D eigenvalue weighted by Gasteiger charge is -2.02. The van der Waals surface area contributed by atoms with Crippen molar-refractivity contribution in [2.75, 3.05) is 6.66 Å². The molecule has 0 N–H and O–H groups in total. The standard InChI is InChI=1S/C6H11PS/c1-5-7(4)8-6(2)3/h5H,1-2H2,3-4H3. The smallest absolute Gasteiger partial charge is 0.0208 e. The van der Waals surface area contributed by atoms with Gasteiger partial charge in [0.25, 0.3) is 0 Å². The molecule has 8 heavy (non-hydrogen) atoms. The molecule has 0 saturated heterocycles. The average Bonchev–Trinajstić information content (AvgIpc) is 1.65. The van der Waals surface area contributed by atoms with Gasteiger partial charge in [0.15, 0.2) is 0 Å². The lowest BCUT2D eigenvalue weighted by atomic mass is 10.8. The Morgan fingerprint density at radius 1 is 1.75 bits per heavy atom. The van der Waals surface area contributed by atoms with Gasteiger partial charge in [-0.2, -0.15) is 0 Å². The van der Waals surface area contributed by atoms with E-state index in [9.17, 15) is 0 Å². The van der Waals surface area contributed by atoms with Gasteiger partial charge in [0.2, 0.25) is 0 Å². The van der Waals surface area contributed by atoms with Crippen LogP contribution in [0.1, 0.15) is 6.92 Å². The van der Waals surface area contributed by atoms with E-state index in [4.69, 9.17) is 0 Å². The lowest BCUT2D eigenvalue weighted by molar-refractivity contribution is 1.74. The Morgan fingerprint density at radius 2 is 2.25 bits per heavy atom. The second kappa shape index (κ2) is 4.17. The van der Waals surface area contributed by atoms with Gasteiger partial charge in [0.1, 0.15) is 0 Å². The molecule has 0 aliphatic rings. The highest BCUT2D eigenvalue weighted by Gasteiger charge is 1.92. The number of hydrogen-bond acceptors (Lipinski definition) is 1. The summed E-state index contributed by atoms with van der Waals surface area (Å²) in [6.45, 7) is 11.6. The Balaban J connectivity index is 3.38. The summed E-state index contributed by atoms with van der Waals surface area (Å²) in [4.78, 5) is 1.18. The first-order valence-electron chi connectivity index (χ1n) is 2.35. The maximum atomic E-state index is 3.77. The van der Waals surface area contributed by atoms with E-state index in [1.165, 1.54) is 4.91 Å². The molecule has 0 bridgehead atoms. The van der Waals surface area contributed by atoms with E-state index >= 15 is 0 Å². The lowest BCUT2D eigenvalue weighted by Crippen LogP contribution is -1.56. The van der Waals surface area contributed by atoms with Crippen LogP contribution in [0.25, 0.3) is 0 Å². The molecule has 0 nitrogen and oxygen atoms in total. The summed E-state index contributed by atoms with van der Waals surface area (Å²) in [6, 6.07) is 0. The molecule has 46 valence electrons. The summed E-state index contributed by atoms with van der Waals surface area (Å²) < 4.78 is 0. The minimum absolute atomic E-state index is 0.0368. The van der Waals surface area contributed by atoms with E-state index in [2.05, 4.69) is 19.8 Å². The van der Waals surface area contributed by atoms with Crippen LogP contribution < -0.4 is 0 Å². The molecule has 2 heteroatoms. The fourth-order valence-corrected chi connectivity index (χ4v) is 2.55. The van der Waals surface area contributed by atoms with Crippen LogP contribution in [0, 0.1) is 0 Å². The van der Waals surface area contributed by atoms with Crippen molar-refractivity contribution >= 4 is 18.5 Å². The van der Waals surface area contributed by atoms with Gasteiger partial charge in [-0.05, 0) is 25.6 Å². The van der Waals surface area contributed by atoms with Crippen LogP contribution in [-0.2, 0) is 0 Å². The fourth-order valence-electron chi connectivity index (χ4n) is 0.283. The molecule has 1 atom stereocenters. The molecule has 0 aliphatic heterocycles. The van der Waals surface area contributed by atoms with Gasteiger partial charge in [-0.15, -0.1) is 0 Å². The van der Waals surface area contributed by atoms with Crippen LogP contribution >= 0.6 is 18.5 Å². The molecule has 0 heterocycles. The summed E-state index contributed by atoms with van der Waals surface area (Å²) in [5, 5.41) is 0. The topological polar surface area (TPSA) is 0 Å². The Hall–Kier alpha value is 0.260. The monoisotopic (exact) mass is 146 g/mol. The predicted octanol–water partition coefficient (Wildman–Crippen LogP) is 3.42. The summed E-state index contributed by atoms with van der Waals surface area (Å²) in [7, 11) is -0.0368. The van der Waals surface area contributed by atoms with E-state index < -0.39 is 0 Å². The molecule has 1 unspecified atom stereocenters. The van der Waals surface area contributed by atoms with Crippen molar-refractivity contribution in [1.29, 1.82) is 0 Å². The molecule has 0 amide bonds. The highest BCUT2D eigenvalue weighted by Crippen LogP contribution is 2.50. The first kappa shape index (κ1) is 8.26. The Labute approximate surface area is 56.6 Å². The SMILES string of the molecule is C=CP(C)SC(=C)C. The third kappa shape index (κ3) is 4.42. The molecule has 0 fully saturated rings. The Kier molecular flexibility index (Phi) is 4.31. The molecule has 0 radical (unpaired) electrons. The van der Waals surface area contributed by atoms with Crippen molar-refractivity contribution in [2.24, 2.45) is 0 Å².